The van der Waals surface area contributed by atoms with Gasteiger partial charge in [-0.25, -0.2) is 0 Å². The molecule has 1 aromatic rings. The van der Waals surface area contributed by atoms with Crippen LogP contribution in [0, 0.1) is 6.92 Å². The smallest absolute Gasteiger partial charge is 0.0208 e. The van der Waals surface area contributed by atoms with Crippen LogP contribution in [0.25, 0.3) is 0 Å². The standard InChI is InChI=1S/C14H21N.ClH/c1-12-6-5-7-13(10-12)11-15-14-8-3-2-4-9-14;/h5-7,10,14-15H,2-4,8-9,11H2,1H3;1H. The number of benzene rings is 1. The number of aryl methyl sites for hydroxylation is 1. The van der Waals surface area contributed by atoms with Gasteiger partial charge in [0.1, 0.15) is 0 Å². The van der Waals surface area contributed by atoms with Crippen LogP contribution < -0.4 is 5.32 Å². The Morgan fingerprint density at radius 1 is 1.19 bits per heavy atom. The van der Waals surface area contributed by atoms with Gasteiger partial charge in [-0.3, -0.25) is 0 Å². The lowest BCUT2D eigenvalue weighted by atomic mass is 9.95. The summed E-state index contributed by atoms with van der Waals surface area (Å²) in [4.78, 5) is 0. The molecule has 0 aliphatic heterocycles. The monoisotopic (exact) mass is 239 g/mol. The molecule has 0 aromatic heterocycles. The molecule has 1 saturated carbocycles. The Hall–Kier alpha value is -0.530. The van der Waals surface area contributed by atoms with E-state index in [9.17, 15) is 0 Å². The maximum Gasteiger partial charge on any atom is 0.0208 e. The molecule has 1 nitrogen and oxygen atoms in total. The first-order valence-electron chi connectivity index (χ1n) is 6.13. The zero-order chi connectivity index (χ0) is 10.5. The Morgan fingerprint density at radius 2 is 1.94 bits per heavy atom. The minimum Gasteiger partial charge on any atom is -0.310 e. The SMILES string of the molecule is Cc1cccc(CNC2CCCCC2)c1.Cl. The molecule has 0 unspecified atom stereocenters. The van der Waals surface area contributed by atoms with Crippen molar-refractivity contribution in [2.45, 2.75) is 51.6 Å². The van der Waals surface area contributed by atoms with Crippen LogP contribution >= 0.6 is 12.4 Å². The predicted molar refractivity (Wildman–Crippen MR) is 72.1 cm³/mol. The molecular weight excluding hydrogens is 218 g/mol. The van der Waals surface area contributed by atoms with Crippen molar-refractivity contribution in [3.63, 3.8) is 0 Å². The van der Waals surface area contributed by atoms with Crippen molar-refractivity contribution in [3.8, 4) is 0 Å². The largest absolute Gasteiger partial charge is 0.310 e. The fourth-order valence-corrected chi connectivity index (χ4v) is 2.39. The zero-order valence-corrected chi connectivity index (χ0v) is 10.9. The van der Waals surface area contributed by atoms with Gasteiger partial charge in [0, 0.05) is 12.6 Å². The summed E-state index contributed by atoms with van der Waals surface area (Å²) in [5.74, 6) is 0. The Kier molecular flexibility index (Phi) is 5.86. The van der Waals surface area contributed by atoms with E-state index in [2.05, 4.69) is 36.5 Å². The molecular formula is C14H22ClN. The molecule has 1 aromatic carbocycles. The van der Waals surface area contributed by atoms with E-state index in [1.165, 1.54) is 43.2 Å². The minimum absolute atomic E-state index is 0. The van der Waals surface area contributed by atoms with E-state index < -0.39 is 0 Å². The van der Waals surface area contributed by atoms with Gasteiger partial charge in [0.05, 0.1) is 0 Å². The van der Waals surface area contributed by atoms with Crippen molar-refractivity contribution in [1.29, 1.82) is 0 Å². The van der Waals surface area contributed by atoms with Gasteiger partial charge in [-0.05, 0) is 25.3 Å². The Morgan fingerprint density at radius 3 is 2.62 bits per heavy atom. The van der Waals surface area contributed by atoms with Crippen LogP contribution in [-0.4, -0.2) is 6.04 Å². The second kappa shape index (κ2) is 6.93. The van der Waals surface area contributed by atoms with E-state index in [4.69, 9.17) is 0 Å². The minimum atomic E-state index is 0. The Bertz CT molecular complexity index is 305. The van der Waals surface area contributed by atoms with E-state index in [1.54, 1.807) is 0 Å². The van der Waals surface area contributed by atoms with Gasteiger partial charge >= 0.3 is 0 Å². The molecule has 2 rings (SSSR count). The van der Waals surface area contributed by atoms with E-state index in [-0.39, 0.29) is 12.4 Å². The van der Waals surface area contributed by atoms with Crippen molar-refractivity contribution in [1.82, 2.24) is 5.32 Å². The van der Waals surface area contributed by atoms with Crippen molar-refractivity contribution >= 4 is 12.4 Å². The number of hydrogen-bond acceptors (Lipinski definition) is 1. The Balaban J connectivity index is 0.00000128. The number of halogens is 1. The molecule has 0 amide bonds. The molecule has 2 heteroatoms. The molecule has 0 saturated heterocycles. The van der Waals surface area contributed by atoms with Crippen molar-refractivity contribution in [2.75, 3.05) is 0 Å². The lowest BCUT2D eigenvalue weighted by Gasteiger charge is -2.22. The number of rotatable bonds is 3. The second-order valence-electron chi connectivity index (χ2n) is 4.70. The van der Waals surface area contributed by atoms with Crippen LogP contribution in [0.2, 0.25) is 0 Å². The third-order valence-corrected chi connectivity index (χ3v) is 3.28. The molecule has 0 heterocycles. The van der Waals surface area contributed by atoms with Crippen molar-refractivity contribution in [2.24, 2.45) is 0 Å². The Labute approximate surface area is 105 Å². The highest BCUT2D eigenvalue weighted by Crippen LogP contribution is 2.17. The summed E-state index contributed by atoms with van der Waals surface area (Å²) in [6, 6.07) is 9.55. The van der Waals surface area contributed by atoms with Gasteiger partial charge in [0.25, 0.3) is 0 Å². The molecule has 1 aliphatic rings. The van der Waals surface area contributed by atoms with Crippen molar-refractivity contribution in [3.05, 3.63) is 35.4 Å². The van der Waals surface area contributed by atoms with Crippen LogP contribution in [0.1, 0.15) is 43.2 Å². The van der Waals surface area contributed by atoms with Crippen LogP contribution in [0.5, 0.6) is 0 Å². The number of nitrogens with one attached hydrogen (secondary N) is 1. The molecule has 0 radical (unpaired) electrons. The first-order valence-corrected chi connectivity index (χ1v) is 6.13. The lowest BCUT2D eigenvalue weighted by molar-refractivity contribution is 0.372. The second-order valence-corrected chi connectivity index (χ2v) is 4.70. The topological polar surface area (TPSA) is 12.0 Å². The highest BCUT2D eigenvalue weighted by molar-refractivity contribution is 5.85. The third kappa shape index (κ3) is 4.15. The van der Waals surface area contributed by atoms with Crippen LogP contribution in [0.15, 0.2) is 24.3 Å². The normalized spacial score (nSPS) is 16.8. The maximum absolute atomic E-state index is 3.67. The fraction of sp³-hybridized carbons (Fsp3) is 0.571. The van der Waals surface area contributed by atoms with Crippen molar-refractivity contribution < 1.29 is 0 Å². The first-order chi connectivity index (χ1) is 7.34. The molecule has 1 aliphatic carbocycles. The van der Waals surface area contributed by atoms with Gasteiger partial charge in [0.2, 0.25) is 0 Å². The zero-order valence-electron chi connectivity index (χ0n) is 10.0. The average molecular weight is 240 g/mol. The molecule has 0 atom stereocenters. The number of hydrogen-bond donors (Lipinski definition) is 1. The summed E-state index contributed by atoms with van der Waals surface area (Å²) in [5, 5.41) is 3.67. The van der Waals surface area contributed by atoms with Crippen LogP contribution in [-0.2, 0) is 6.54 Å². The van der Waals surface area contributed by atoms with Crippen LogP contribution in [0.4, 0.5) is 0 Å². The first kappa shape index (κ1) is 13.5. The lowest BCUT2D eigenvalue weighted by Crippen LogP contribution is -2.30. The highest BCUT2D eigenvalue weighted by atomic mass is 35.5. The molecule has 1 fully saturated rings. The molecule has 0 bridgehead atoms. The van der Waals surface area contributed by atoms with Gasteiger partial charge < -0.3 is 5.32 Å². The van der Waals surface area contributed by atoms with Gasteiger partial charge in [-0.2, -0.15) is 0 Å². The van der Waals surface area contributed by atoms with Gasteiger partial charge in [0.15, 0.2) is 0 Å². The summed E-state index contributed by atoms with van der Waals surface area (Å²) in [7, 11) is 0. The summed E-state index contributed by atoms with van der Waals surface area (Å²) < 4.78 is 0. The van der Waals surface area contributed by atoms with E-state index in [1.807, 2.05) is 0 Å². The van der Waals surface area contributed by atoms with E-state index >= 15 is 0 Å². The average Bonchev–Trinajstić information content (AvgIpc) is 2.28. The quantitative estimate of drug-likeness (QED) is 0.845. The third-order valence-electron chi connectivity index (χ3n) is 3.28. The van der Waals surface area contributed by atoms with Gasteiger partial charge in [-0.15, -0.1) is 12.4 Å². The predicted octanol–water partition coefficient (Wildman–Crippen LogP) is 3.84. The molecule has 16 heavy (non-hydrogen) atoms. The van der Waals surface area contributed by atoms with Crippen LogP contribution in [0.3, 0.4) is 0 Å². The maximum atomic E-state index is 3.67. The highest BCUT2D eigenvalue weighted by Gasteiger charge is 2.11. The summed E-state index contributed by atoms with van der Waals surface area (Å²) >= 11 is 0. The summed E-state index contributed by atoms with van der Waals surface area (Å²) in [5.41, 5.74) is 2.78. The molecule has 1 N–H and O–H groups in total. The molecule has 0 spiro atoms. The van der Waals surface area contributed by atoms with E-state index in [0.717, 1.165) is 12.6 Å². The summed E-state index contributed by atoms with van der Waals surface area (Å²) in [6.07, 6.45) is 6.98. The van der Waals surface area contributed by atoms with E-state index in [0.29, 0.717) is 0 Å². The summed E-state index contributed by atoms with van der Waals surface area (Å²) in [6.45, 7) is 3.19. The van der Waals surface area contributed by atoms with Gasteiger partial charge in [-0.1, -0.05) is 49.1 Å². The molecule has 90 valence electrons. The fourth-order valence-electron chi connectivity index (χ4n) is 2.39.